The van der Waals surface area contributed by atoms with Gasteiger partial charge in [0, 0.05) is 16.2 Å². The summed E-state index contributed by atoms with van der Waals surface area (Å²) in [6.07, 6.45) is -3.87. The fourth-order valence-electron chi connectivity index (χ4n) is 2.24. The number of carboxylic acids is 1. The predicted octanol–water partition coefficient (Wildman–Crippen LogP) is 4.74. The summed E-state index contributed by atoms with van der Waals surface area (Å²) < 4.78 is 45.7. The van der Waals surface area contributed by atoms with Crippen LogP contribution in [0.15, 0.2) is 34.9 Å². The van der Waals surface area contributed by atoms with Gasteiger partial charge in [-0.25, -0.2) is 9.78 Å². The number of carboxylic acid groups (broad SMARTS) is 1. The number of hydrogen-bond donors (Lipinski definition) is 2. The lowest BCUT2D eigenvalue weighted by atomic mass is 10.1. The molecular formula is C16H14BrF3N2O3. The van der Waals surface area contributed by atoms with E-state index in [-0.39, 0.29) is 0 Å². The summed E-state index contributed by atoms with van der Waals surface area (Å²) in [5.74, 6) is -1.43. The van der Waals surface area contributed by atoms with Crippen molar-refractivity contribution in [2.24, 2.45) is 0 Å². The minimum Gasteiger partial charge on any atom is -0.496 e. The van der Waals surface area contributed by atoms with E-state index in [9.17, 15) is 18.0 Å². The summed E-state index contributed by atoms with van der Waals surface area (Å²) >= 11 is 3.31. The first-order valence-corrected chi connectivity index (χ1v) is 7.83. The highest BCUT2D eigenvalue weighted by Gasteiger charge is 2.35. The average molecular weight is 419 g/mol. The van der Waals surface area contributed by atoms with Crippen molar-refractivity contribution in [3.05, 3.63) is 51.6 Å². The van der Waals surface area contributed by atoms with E-state index >= 15 is 0 Å². The van der Waals surface area contributed by atoms with Crippen LogP contribution in [0.25, 0.3) is 0 Å². The van der Waals surface area contributed by atoms with Gasteiger partial charge < -0.3 is 15.2 Å². The van der Waals surface area contributed by atoms with Gasteiger partial charge in [-0.2, -0.15) is 13.2 Å². The highest BCUT2D eigenvalue weighted by atomic mass is 79.9. The number of aromatic nitrogens is 1. The van der Waals surface area contributed by atoms with E-state index in [1.807, 2.05) is 0 Å². The molecule has 1 aromatic carbocycles. The molecule has 2 N–H and O–H groups in total. The van der Waals surface area contributed by atoms with Crippen LogP contribution in [0.2, 0.25) is 0 Å². The van der Waals surface area contributed by atoms with Gasteiger partial charge in [0.15, 0.2) is 0 Å². The first-order valence-electron chi connectivity index (χ1n) is 7.04. The molecule has 1 atom stereocenters. The Bertz CT molecular complexity index is 797. The highest BCUT2D eigenvalue weighted by Crippen LogP contribution is 2.37. The van der Waals surface area contributed by atoms with Crippen LogP contribution in [0.5, 0.6) is 5.75 Å². The number of pyridine rings is 1. The molecule has 25 heavy (non-hydrogen) atoms. The van der Waals surface area contributed by atoms with Crippen LogP contribution in [0.4, 0.5) is 19.0 Å². The number of ether oxygens (including phenoxy) is 1. The number of benzene rings is 1. The van der Waals surface area contributed by atoms with E-state index in [0.29, 0.717) is 17.4 Å². The third kappa shape index (κ3) is 4.41. The molecule has 0 aliphatic heterocycles. The maximum Gasteiger partial charge on any atom is 0.419 e. The topological polar surface area (TPSA) is 71.5 Å². The lowest BCUT2D eigenvalue weighted by Gasteiger charge is -2.21. The van der Waals surface area contributed by atoms with Gasteiger partial charge in [0.25, 0.3) is 0 Å². The Balaban J connectivity index is 2.43. The number of carbonyl (C=O) groups is 1. The van der Waals surface area contributed by atoms with E-state index in [1.165, 1.54) is 7.11 Å². The van der Waals surface area contributed by atoms with Crippen molar-refractivity contribution in [1.82, 2.24) is 4.98 Å². The van der Waals surface area contributed by atoms with Crippen molar-refractivity contribution in [3.63, 3.8) is 0 Å². The summed E-state index contributed by atoms with van der Waals surface area (Å²) in [5, 5.41) is 11.6. The highest BCUT2D eigenvalue weighted by molar-refractivity contribution is 9.10. The van der Waals surface area contributed by atoms with Crippen molar-refractivity contribution in [3.8, 4) is 5.75 Å². The maximum atomic E-state index is 13.2. The third-order valence-corrected chi connectivity index (χ3v) is 3.94. The Kier molecular flexibility index (Phi) is 5.56. The van der Waals surface area contributed by atoms with Gasteiger partial charge in [0.2, 0.25) is 0 Å². The molecule has 0 radical (unpaired) electrons. The molecule has 0 fully saturated rings. The average Bonchev–Trinajstić information content (AvgIpc) is 2.53. The molecule has 0 spiro atoms. The number of halogens is 4. The van der Waals surface area contributed by atoms with Crippen LogP contribution in [-0.4, -0.2) is 23.2 Å². The van der Waals surface area contributed by atoms with Gasteiger partial charge in [-0.15, -0.1) is 0 Å². The fraction of sp³-hybridized carbons (Fsp3) is 0.250. The van der Waals surface area contributed by atoms with Crippen molar-refractivity contribution >= 4 is 27.7 Å². The SMILES string of the molecule is COc1ccc(Br)cc1[C@H](C)Nc1ncc(C(=O)O)cc1C(F)(F)F. The Hall–Kier alpha value is -2.29. The normalized spacial score (nSPS) is 12.6. The Morgan fingerprint density at radius 1 is 1.36 bits per heavy atom. The molecule has 9 heteroatoms. The molecule has 0 unspecified atom stereocenters. The molecule has 1 aromatic heterocycles. The summed E-state index contributed by atoms with van der Waals surface area (Å²) in [6, 6.07) is 5.13. The lowest BCUT2D eigenvalue weighted by Crippen LogP contribution is -2.16. The molecule has 2 rings (SSSR count). The van der Waals surface area contributed by atoms with Gasteiger partial charge in [-0.1, -0.05) is 15.9 Å². The van der Waals surface area contributed by atoms with Gasteiger partial charge in [0.05, 0.1) is 24.3 Å². The number of hydrogen-bond acceptors (Lipinski definition) is 4. The Labute approximate surface area is 150 Å². The third-order valence-electron chi connectivity index (χ3n) is 3.45. The Morgan fingerprint density at radius 2 is 2.04 bits per heavy atom. The second-order valence-electron chi connectivity index (χ2n) is 5.18. The number of rotatable bonds is 5. The molecule has 5 nitrogen and oxygen atoms in total. The van der Waals surface area contributed by atoms with E-state index < -0.39 is 35.1 Å². The Morgan fingerprint density at radius 3 is 2.60 bits per heavy atom. The number of aromatic carboxylic acids is 1. The number of methoxy groups -OCH3 is 1. The first kappa shape index (κ1) is 19.0. The molecular weight excluding hydrogens is 405 g/mol. The second-order valence-corrected chi connectivity index (χ2v) is 6.09. The van der Waals surface area contributed by atoms with Crippen LogP contribution in [-0.2, 0) is 6.18 Å². The number of nitrogens with zero attached hydrogens (tertiary/aromatic N) is 1. The largest absolute Gasteiger partial charge is 0.496 e. The molecule has 0 saturated carbocycles. The quantitative estimate of drug-likeness (QED) is 0.733. The molecule has 134 valence electrons. The number of nitrogens with one attached hydrogen (secondary N) is 1. The van der Waals surface area contributed by atoms with Crippen molar-refractivity contribution in [2.75, 3.05) is 12.4 Å². The van der Waals surface area contributed by atoms with Gasteiger partial charge in [-0.3, -0.25) is 0 Å². The number of anilines is 1. The van der Waals surface area contributed by atoms with Gasteiger partial charge in [0.1, 0.15) is 11.6 Å². The molecule has 0 amide bonds. The molecule has 0 aliphatic rings. The molecule has 0 bridgehead atoms. The van der Waals surface area contributed by atoms with Crippen molar-refractivity contribution < 1.29 is 27.8 Å². The van der Waals surface area contributed by atoms with Gasteiger partial charge >= 0.3 is 12.1 Å². The van der Waals surface area contributed by atoms with Crippen LogP contribution in [0.3, 0.4) is 0 Å². The smallest absolute Gasteiger partial charge is 0.419 e. The minimum absolute atomic E-state index is 0.452. The fourth-order valence-corrected chi connectivity index (χ4v) is 2.62. The molecule has 2 aromatic rings. The van der Waals surface area contributed by atoms with Crippen LogP contribution < -0.4 is 10.1 Å². The zero-order chi connectivity index (χ0) is 18.8. The monoisotopic (exact) mass is 418 g/mol. The lowest BCUT2D eigenvalue weighted by molar-refractivity contribution is -0.137. The molecule has 0 aliphatic carbocycles. The van der Waals surface area contributed by atoms with Crippen LogP contribution >= 0.6 is 15.9 Å². The van der Waals surface area contributed by atoms with E-state index in [0.717, 1.165) is 10.7 Å². The van der Waals surface area contributed by atoms with E-state index in [2.05, 4.69) is 26.2 Å². The summed E-state index contributed by atoms with van der Waals surface area (Å²) in [7, 11) is 1.46. The molecule has 1 heterocycles. The summed E-state index contributed by atoms with van der Waals surface area (Å²) in [4.78, 5) is 14.6. The summed E-state index contributed by atoms with van der Waals surface area (Å²) in [6.45, 7) is 1.65. The standard InChI is InChI=1S/C16H14BrF3N2O3/c1-8(11-6-10(17)3-4-13(11)25-2)22-14-12(16(18,19)20)5-9(7-21-14)15(23)24/h3-8H,1-2H3,(H,21,22)(H,23,24)/t8-/m0/s1. The summed E-state index contributed by atoms with van der Waals surface area (Å²) in [5.41, 5.74) is -1.06. The van der Waals surface area contributed by atoms with Crippen molar-refractivity contribution in [1.29, 1.82) is 0 Å². The molecule has 0 saturated heterocycles. The zero-order valence-corrected chi connectivity index (χ0v) is 14.8. The zero-order valence-electron chi connectivity index (χ0n) is 13.2. The minimum atomic E-state index is -4.75. The number of alkyl halides is 3. The predicted molar refractivity (Wildman–Crippen MR) is 88.9 cm³/mol. The second kappa shape index (κ2) is 7.30. The van der Waals surface area contributed by atoms with Crippen LogP contribution in [0, 0.1) is 0 Å². The van der Waals surface area contributed by atoms with Crippen molar-refractivity contribution in [2.45, 2.75) is 19.1 Å². The van der Waals surface area contributed by atoms with E-state index in [4.69, 9.17) is 9.84 Å². The van der Waals surface area contributed by atoms with Gasteiger partial charge in [-0.05, 0) is 31.2 Å². The van der Waals surface area contributed by atoms with Crippen LogP contribution in [0.1, 0.15) is 34.5 Å². The first-order chi connectivity index (χ1) is 11.6. The van der Waals surface area contributed by atoms with E-state index in [1.54, 1.807) is 25.1 Å². The maximum absolute atomic E-state index is 13.2.